The van der Waals surface area contributed by atoms with E-state index in [1.54, 1.807) is 0 Å². The molecule has 5 nitrogen and oxygen atoms in total. The number of aromatic nitrogens is 2. The van der Waals surface area contributed by atoms with Gasteiger partial charge in [0.15, 0.2) is 5.82 Å². The maximum Gasteiger partial charge on any atom is 0.234 e. The van der Waals surface area contributed by atoms with E-state index in [0.717, 1.165) is 25.9 Å². The lowest BCUT2D eigenvalue weighted by Crippen LogP contribution is -2.35. The molecule has 0 aliphatic heterocycles. The van der Waals surface area contributed by atoms with E-state index in [1.165, 1.54) is 25.7 Å². The highest BCUT2D eigenvalue weighted by molar-refractivity contribution is 5.07. The maximum atomic E-state index is 6.01. The zero-order valence-electron chi connectivity index (χ0n) is 11.9. The summed E-state index contributed by atoms with van der Waals surface area (Å²) < 4.78 is 10.9. The van der Waals surface area contributed by atoms with Crippen LogP contribution in [0.5, 0.6) is 0 Å². The topological polar surface area (TPSA) is 74.2 Å². The van der Waals surface area contributed by atoms with E-state index in [2.05, 4.69) is 17.1 Å². The number of hydrogen-bond donors (Lipinski definition) is 1. The molecule has 0 aromatic carbocycles. The van der Waals surface area contributed by atoms with E-state index in [9.17, 15) is 0 Å². The average Bonchev–Trinajstić information content (AvgIpc) is 2.77. The molecule has 1 aliphatic carbocycles. The molecule has 108 valence electrons. The van der Waals surface area contributed by atoms with Crippen molar-refractivity contribution in [2.24, 2.45) is 5.73 Å². The predicted octanol–water partition coefficient (Wildman–Crippen LogP) is 2.55. The fourth-order valence-electron chi connectivity index (χ4n) is 2.75. The number of nitrogens with two attached hydrogens (primary N) is 1. The second-order valence-corrected chi connectivity index (χ2v) is 5.47. The van der Waals surface area contributed by atoms with E-state index in [-0.39, 0.29) is 5.41 Å². The van der Waals surface area contributed by atoms with E-state index in [1.807, 2.05) is 0 Å². The van der Waals surface area contributed by atoms with Crippen molar-refractivity contribution in [3.63, 3.8) is 0 Å². The van der Waals surface area contributed by atoms with Gasteiger partial charge < -0.3 is 15.0 Å². The lowest BCUT2D eigenvalue weighted by molar-refractivity contribution is 0.114. The first-order valence-electron chi connectivity index (χ1n) is 7.41. The van der Waals surface area contributed by atoms with E-state index in [0.29, 0.717) is 24.9 Å². The highest BCUT2D eigenvalue weighted by Crippen LogP contribution is 2.36. The molecule has 0 atom stereocenters. The molecule has 0 spiro atoms. The monoisotopic (exact) mass is 267 g/mol. The Hall–Kier alpha value is -0.940. The molecule has 0 amide bonds. The van der Waals surface area contributed by atoms with Gasteiger partial charge in [0.2, 0.25) is 5.89 Å². The lowest BCUT2D eigenvalue weighted by Gasteiger charge is -2.26. The third kappa shape index (κ3) is 3.54. The van der Waals surface area contributed by atoms with E-state index < -0.39 is 0 Å². The van der Waals surface area contributed by atoms with E-state index >= 15 is 0 Å². The van der Waals surface area contributed by atoms with Crippen LogP contribution < -0.4 is 5.73 Å². The normalized spacial score (nSPS) is 19.3. The summed E-state index contributed by atoms with van der Waals surface area (Å²) in [6.45, 7) is 3.82. The average molecular weight is 267 g/mol. The molecule has 5 heteroatoms. The molecule has 1 aromatic heterocycles. The van der Waals surface area contributed by atoms with Crippen LogP contribution in [-0.4, -0.2) is 23.3 Å². The van der Waals surface area contributed by atoms with Gasteiger partial charge in [-0.25, -0.2) is 0 Å². The third-order valence-electron chi connectivity index (χ3n) is 3.95. The Morgan fingerprint density at radius 1 is 1.26 bits per heavy atom. The number of rotatable bonds is 6. The molecule has 1 fully saturated rings. The van der Waals surface area contributed by atoms with E-state index in [4.69, 9.17) is 15.0 Å². The first-order chi connectivity index (χ1) is 9.30. The fourth-order valence-corrected chi connectivity index (χ4v) is 2.75. The van der Waals surface area contributed by atoms with Crippen LogP contribution in [0.4, 0.5) is 0 Å². The smallest absolute Gasteiger partial charge is 0.234 e. The molecule has 2 N–H and O–H groups in total. The van der Waals surface area contributed by atoms with Crippen molar-refractivity contribution >= 4 is 0 Å². The fraction of sp³-hybridized carbons (Fsp3) is 0.857. The summed E-state index contributed by atoms with van der Waals surface area (Å²) in [5.74, 6) is 1.35. The van der Waals surface area contributed by atoms with Gasteiger partial charge in [0.05, 0.1) is 5.41 Å². The van der Waals surface area contributed by atoms with Gasteiger partial charge in [0.25, 0.3) is 0 Å². The Kier molecular flexibility index (Phi) is 5.34. The molecule has 0 unspecified atom stereocenters. The molecule has 0 saturated heterocycles. The predicted molar refractivity (Wildman–Crippen MR) is 72.7 cm³/mol. The van der Waals surface area contributed by atoms with Crippen molar-refractivity contribution < 1.29 is 9.26 Å². The van der Waals surface area contributed by atoms with Crippen molar-refractivity contribution in [3.8, 4) is 0 Å². The molecule has 19 heavy (non-hydrogen) atoms. The maximum absolute atomic E-state index is 6.01. The lowest BCUT2D eigenvalue weighted by atomic mass is 9.80. The number of nitrogens with zero attached hydrogens (tertiary/aromatic N) is 2. The minimum absolute atomic E-state index is 0.105. The zero-order valence-corrected chi connectivity index (χ0v) is 11.9. The zero-order chi connectivity index (χ0) is 13.6. The summed E-state index contributed by atoms with van der Waals surface area (Å²) in [6.07, 6.45) is 8.06. The standard InChI is InChI=1S/C14H25N3O2/c1-2-9-18-10-12-16-13(19-17-12)14(11-15)7-5-3-4-6-8-14/h2-11,15H2,1H3. The second kappa shape index (κ2) is 7.01. The van der Waals surface area contributed by atoms with Crippen molar-refractivity contribution in [2.75, 3.05) is 13.2 Å². The Morgan fingerprint density at radius 2 is 2.00 bits per heavy atom. The van der Waals surface area contributed by atoms with Crippen molar-refractivity contribution in [3.05, 3.63) is 11.7 Å². The number of ether oxygens (including phenoxy) is 1. The van der Waals surface area contributed by atoms with Crippen LogP contribution >= 0.6 is 0 Å². The van der Waals surface area contributed by atoms with Gasteiger partial charge >= 0.3 is 0 Å². The van der Waals surface area contributed by atoms with Gasteiger partial charge in [-0.2, -0.15) is 4.98 Å². The van der Waals surface area contributed by atoms with Gasteiger partial charge in [-0.1, -0.05) is 37.8 Å². The molecule has 1 heterocycles. The molecule has 1 aliphatic rings. The van der Waals surface area contributed by atoms with Crippen LogP contribution in [0, 0.1) is 0 Å². The molecule has 1 saturated carbocycles. The summed E-state index contributed by atoms with van der Waals surface area (Å²) >= 11 is 0. The summed E-state index contributed by atoms with van der Waals surface area (Å²) in [5, 5.41) is 4.02. The van der Waals surface area contributed by atoms with Gasteiger partial charge in [0, 0.05) is 13.2 Å². The van der Waals surface area contributed by atoms with Gasteiger partial charge in [-0.15, -0.1) is 0 Å². The van der Waals surface area contributed by atoms with Crippen molar-refractivity contribution in [2.45, 2.75) is 63.9 Å². The largest absolute Gasteiger partial charge is 0.373 e. The highest BCUT2D eigenvalue weighted by Gasteiger charge is 2.37. The Morgan fingerprint density at radius 3 is 2.63 bits per heavy atom. The Labute approximate surface area is 114 Å². The van der Waals surface area contributed by atoms with Gasteiger partial charge in [-0.05, 0) is 19.3 Å². The van der Waals surface area contributed by atoms with Crippen LogP contribution in [-0.2, 0) is 16.8 Å². The summed E-state index contributed by atoms with van der Waals surface area (Å²) in [6, 6.07) is 0. The summed E-state index contributed by atoms with van der Waals surface area (Å²) in [4.78, 5) is 4.51. The quantitative estimate of drug-likeness (QED) is 0.633. The first kappa shape index (κ1) is 14.5. The molecular weight excluding hydrogens is 242 g/mol. The highest BCUT2D eigenvalue weighted by atomic mass is 16.5. The van der Waals surface area contributed by atoms with Gasteiger partial charge in [-0.3, -0.25) is 0 Å². The van der Waals surface area contributed by atoms with Gasteiger partial charge in [0.1, 0.15) is 6.61 Å². The Balaban J connectivity index is 2.05. The first-order valence-corrected chi connectivity index (χ1v) is 7.41. The molecule has 0 radical (unpaired) electrons. The summed E-state index contributed by atoms with van der Waals surface area (Å²) in [5.41, 5.74) is 5.91. The van der Waals surface area contributed by atoms with Crippen LogP contribution in [0.3, 0.4) is 0 Å². The SMILES string of the molecule is CCCOCc1noc(C2(CN)CCCCCC2)n1. The summed E-state index contributed by atoms with van der Waals surface area (Å²) in [7, 11) is 0. The molecule has 0 bridgehead atoms. The third-order valence-corrected chi connectivity index (χ3v) is 3.95. The second-order valence-electron chi connectivity index (χ2n) is 5.47. The molecular formula is C14H25N3O2. The minimum Gasteiger partial charge on any atom is -0.373 e. The van der Waals surface area contributed by atoms with Crippen LogP contribution in [0.15, 0.2) is 4.52 Å². The molecule has 1 aromatic rings. The van der Waals surface area contributed by atoms with Crippen molar-refractivity contribution in [1.82, 2.24) is 10.1 Å². The van der Waals surface area contributed by atoms with Crippen LogP contribution in [0.1, 0.15) is 63.6 Å². The number of hydrogen-bond acceptors (Lipinski definition) is 5. The molecule has 2 rings (SSSR count). The van der Waals surface area contributed by atoms with Crippen LogP contribution in [0.2, 0.25) is 0 Å². The van der Waals surface area contributed by atoms with Crippen molar-refractivity contribution in [1.29, 1.82) is 0 Å². The minimum atomic E-state index is -0.105. The van der Waals surface area contributed by atoms with Crippen LogP contribution in [0.25, 0.3) is 0 Å². The Bertz CT molecular complexity index is 371.